The lowest BCUT2D eigenvalue weighted by Crippen LogP contribution is -1.94. The molecule has 0 saturated carbocycles. The first-order valence-electron chi connectivity index (χ1n) is 15.0. The summed E-state index contributed by atoms with van der Waals surface area (Å²) in [5, 5.41) is 10.4. The van der Waals surface area contributed by atoms with E-state index < -0.39 is 0 Å². The summed E-state index contributed by atoms with van der Waals surface area (Å²) in [6, 6.07) is 51.6. The molecular weight excluding hydrogens is 536 g/mol. The van der Waals surface area contributed by atoms with Crippen LogP contribution >= 0.6 is 0 Å². The van der Waals surface area contributed by atoms with Crippen molar-refractivity contribution in [3.63, 3.8) is 0 Å². The van der Waals surface area contributed by atoms with Gasteiger partial charge in [-0.2, -0.15) is 0 Å². The summed E-state index contributed by atoms with van der Waals surface area (Å²) in [6.07, 6.45) is 0. The molecular formula is C41H24N2O. The van der Waals surface area contributed by atoms with Crippen LogP contribution in [0, 0.1) is 0 Å². The van der Waals surface area contributed by atoms with Gasteiger partial charge in [-0.15, -0.1) is 0 Å². The molecule has 0 aliphatic carbocycles. The number of furan rings is 1. The fourth-order valence-corrected chi connectivity index (χ4v) is 7.30. The molecule has 0 atom stereocenters. The van der Waals surface area contributed by atoms with Crippen molar-refractivity contribution in [3.8, 4) is 16.9 Å². The molecule has 3 heteroatoms. The molecule has 44 heavy (non-hydrogen) atoms. The Kier molecular flexibility index (Phi) is 4.72. The second kappa shape index (κ2) is 8.79. The number of pyridine rings is 1. The highest BCUT2D eigenvalue weighted by Gasteiger charge is 2.22. The van der Waals surface area contributed by atoms with Crippen molar-refractivity contribution in [2.75, 3.05) is 0 Å². The standard InChI is InChI=1S/C41H24N2O/c1-2-12-26(13-3-1)43-34-20-10-7-14-27(34)32-24-25(22-23-35(32)43)40-38-29-16-5-4-15-28(29)37-31-18-8-11-21-36(31)44-41(37)39(38)30-17-6-9-19-33(30)42-40/h1-24H. The molecule has 0 spiro atoms. The van der Waals surface area contributed by atoms with Crippen molar-refractivity contribution in [3.05, 3.63) is 146 Å². The van der Waals surface area contributed by atoms with Gasteiger partial charge < -0.3 is 8.98 Å². The summed E-state index contributed by atoms with van der Waals surface area (Å²) >= 11 is 0. The second-order valence-electron chi connectivity index (χ2n) is 11.5. The Morgan fingerprint density at radius 1 is 0.455 bits per heavy atom. The minimum absolute atomic E-state index is 0.901. The van der Waals surface area contributed by atoms with E-state index in [1.807, 2.05) is 6.07 Å². The van der Waals surface area contributed by atoms with Gasteiger partial charge in [-0.1, -0.05) is 103 Å². The Morgan fingerprint density at radius 3 is 1.93 bits per heavy atom. The predicted molar refractivity (Wildman–Crippen MR) is 184 cm³/mol. The number of hydrogen-bond acceptors (Lipinski definition) is 2. The number of aromatic nitrogens is 2. The third-order valence-electron chi connectivity index (χ3n) is 9.14. The molecule has 204 valence electrons. The highest BCUT2D eigenvalue weighted by atomic mass is 16.3. The highest BCUT2D eigenvalue weighted by Crippen LogP contribution is 2.46. The van der Waals surface area contributed by atoms with Gasteiger partial charge in [0.05, 0.1) is 22.2 Å². The van der Waals surface area contributed by atoms with Gasteiger partial charge in [0.1, 0.15) is 11.2 Å². The third kappa shape index (κ3) is 3.13. The van der Waals surface area contributed by atoms with E-state index in [2.05, 4.69) is 144 Å². The van der Waals surface area contributed by atoms with Crippen LogP contribution in [0.5, 0.6) is 0 Å². The van der Waals surface area contributed by atoms with Gasteiger partial charge in [-0.25, -0.2) is 4.98 Å². The zero-order valence-corrected chi connectivity index (χ0v) is 23.7. The first-order chi connectivity index (χ1) is 21.8. The largest absolute Gasteiger partial charge is 0.455 e. The Labute approximate surface area is 252 Å². The van der Waals surface area contributed by atoms with Crippen molar-refractivity contribution in [2.45, 2.75) is 0 Å². The van der Waals surface area contributed by atoms with E-state index in [9.17, 15) is 0 Å². The van der Waals surface area contributed by atoms with Gasteiger partial charge >= 0.3 is 0 Å². The lowest BCUT2D eigenvalue weighted by atomic mass is 9.92. The molecule has 10 aromatic rings. The molecule has 0 fully saturated rings. The quantitative estimate of drug-likeness (QED) is 0.197. The van der Waals surface area contributed by atoms with Crippen LogP contribution in [-0.4, -0.2) is 9.55 Å². The van der Waals surface area contributed by atoms with Crippen molar-refractivity contribution in [1.82, 2.24) is 9.55 Å². The molecule has 3 heterocycles. The first-order valence-corrected chi connectivity index (χ1v) is 15.0. The summed E-state index contributed by atoms with van der Waals surface area (Å²) in [4.78, 5) is 5.39. The normalized spacial score (nSPS) is 12.1. The van der Waals surface area contributed by atoms with E-state index in [0.717, 1.165) is 60.6 Å². The van der Waals surface area contributed by atoms with Crippen molar-refractivity contribution < 1.29 is 4.42 Å². The van der Waals surface area contributed by atoms with Gasteiger partial charge in [0.15, 0.2) is 0 Å². The van der Waals surface area contributed by atoms with Crippen molar-refractivity contribution >= 4 is 76.2 Å². The number of rotatable bonds is 2. The van der Waals surface area contributed by atoms with Gasteiger partial charge in [-0.3, -0.25) is 0 Å². The van der Waals surface area contributed by atoms with Gasteiger partial charge in [0.25, 0.3) is 0 Å². The molecule has 0 bridgehead atoms. The molecule has 0 radical (unpaired) electrons. The molecule has 3 nitrogen and oxygen atoms in total. The van der Waals surface area contributed by atoms with E-state index in [-0.39, 0.29) is 0 Å². The van der Waals surface area contributed by atoms with E-state index in [4.69, 9.17) is 9.40 Å². The summed E-state index contributed by atoms with van der Waals surface area (Å²) in [5.41, 5.74) is 8.35. The lowest BCUT2D eigenvalue weighted by molar-refractivity contribution is 0.673. The van der Waals surface area contributed by atoms with Crippen LogP contribution in [0.3, 0.4) is 0 Å². The molecule has 3 aromatic heterocycles. The van der Waals surface area contributed by atoms with Crippen LogP contribution in [-0.2, 0) is 0 Å². The van der Waals surface area contributed by atoms with Crippen LogP contribution in [0.2, 0.25) is 0 Å². The number of nitrogens with zero attached hydrogens (tertiary/aromatic N) is 2. The number of benzene rings is 7. The number of hydrogen-bond donors (Lipinski definition) is 0. The zero-order chi connectivity index (χ0) is 28.8. The van der Waals surface area contributed by atoms with Crippen LogP contribution in [0.25, 0.3) is 93.1 Å². The maximum Gasteiger partial charge on any atom is 0.144 e. The monoisotopic (exact) mass is 560 g/mol. The smallest absolute Gasteiger partial charge is 0.144 e. The van der Waals surface area contributed by atoms with E-state index in [0.29, 0.717) is 0 Å². The Hall–Kier alpha value is -5.93. The van der Waals surface area contributed by atoms with E-state index in [1.54, 1.807) is 0 Å². The fraction of sp³-hybridized carbons (Fsp3) is 0. The molecule has 7 aromatic carbocycles. The molecule has 0 aliphatic heterocycles. The summed E-state index contributed by atoms with van der Waals surface area (Å²) in [5.74, 6) is 0. The predicted octanol–water partition coefficient (Wildman–Crippen LogP) is 11.2. The minimum Gasteiger partial charge on any atom is -0.455 e. The molecule has 0 aliphatic rings. The Balaban J connectivity index is 1.39. The average molecular weight is 561 g/mol. The molecule has 10 rings (SSSR count). The first kappa shape index (κ1) is 23.6. The zero-order valence-electron chi connectivity index (χ0n) is 23.7. The third-order valence-corrected chi connectivity index (χ3v) is 9.14. The second-order valence-corrected chi connectivity index (χ2v) is 11.5. The number of fused-ring (bicyclic) bond motifs is 13. The lowest BCUT2D eigenvalue weighted by Gasteiger charge is -2.14. The highest BCUT2D eigenvalue weighted by molar-refractivity contribution is 6.36. The number of para-hydroxylation sites is 4. The fourth-order valence-electron chi connectivity index (χ4n) is 7.30. The van der Waals surface area contributed by atoms with Crippen LogP contribution in [0.1, 0.15) is 0 Å². The summed E-state index contributed by atoms with van der Waals surface area (Å²) in [6.45, 7) is 0. The topological polar surface area (TPSA) is 31.0 Å². The van der Waals surface area contributed by atoms with Crippen LogP contribution in [0.4, 0.5) is 0 Å². The van der Waals surface area contributed by atoms with Crippen molar-refractivity contribution in [2.24, 2.45) is 0 Å². The molecule has 0 saturated heterocycles. The van der Waals surface area contributed by atoms with Crippen molar-refractivity contribution in [1.29, 1.82) is 0 Å². The maximum atomic E-state index is 6.72. The Morgan fingerprint density at radius 2 is 1.09 bits per heavy atom. The van der Waals surface area contributed by atoms with E-state index in [1.165, 1.54) is 32.6 Å². The van der Waals surface area contributed by atoms with Gasteiger partial charge in [-0.05, 0) is 53.2 Å². The van der Waals surface area contributed by atoms with Gasteiger partial charge in [0.2, 0.25) is 0 Å². The summed E-state index contributed by atoms with van der Waals surface area (Å²) < 4.78 is 9.08. The minimum atomic E-state index is 0.901. The van der Waals surface area contributed by atoms with Crippen LogP contribution in [0.15, 0.2) is 150 Å². The molecule has 0 amide bonds. The Bertz CT molecular complexity index is 2770. The summed E-state index contributed by atoms with van der Waals surface area (Å²) in [7, 11) is 0. The maximum absolute atomic E-state index is 6.72. The SMILES string of the molecule is c1ccc(-n2c3ccccc3c3cc(-c4nc5ccccc5c5c6oc7ccccc7c6c6ccccc6c45)ccc32)cc1. The molecule has 0 N–H and O–H groups in total. The average Bonchev–Trinajstić information content (AvgIpc) is 3.64. The van der Waals surface area contributed by atoms with E-state index >= 15 is 0 Å². The van der Waals surface area contributed by atoms with Gasteiger partial charge in [0, 0.05) is 49.0 Å². The van der Waals surface area contributed by atoms with Crippen LogP contribution < -0.4 is 0 Å². The molecule has 0 unspecified atom stereocenters.